The number of hydrogen-bond donors (Lipinski definition) is 3. The van der Waals surface area contributed by atoms with E-state index in [1.54, 1.807) is 24.3 Å². The number of hydrogen-bond acceptors (Lipinski definition) is 5. The molecule has 9 heteroatoms. The number of anilines is 1. The molecule has 0 aliphatic rings. The molecule has 0 aliphatic carbocycles. The second-order valence-electron chi connectivity index (χ2n) is 5.98. The van der Waals surface area contributed by atoms with Crippen LogP contribution in [0.2, 0.25) is 0 Å². The Hall–Kier alpha value is -2.96. The molecule has 0 radical (unpaired) electrons. The maximum absolute atomic E-state index is 12.8. The van der Waals surface area contributed by atoms with Gasteiger partial charge in [0.1, 0.15) is 18.3 Å². The molecule has 7 nitrogen and oxygen atoms in total. The third kappa shape index (κ3) is 5.52. The van der Waals surface area contributed by atoms with Gasteiger partial charge in [0.05, 0.1) is 11.4 Å². The Morgan fingerprint density at radius 2 is 1.96 bits per heavy atom. The molecule has 0 fully saturated rings. The highest BCUT2D eigenvalue weighted by atomic mass is 31.0. The fourth-order valence-corrected chi connectivity index (χ4v) is 2.62. The monoisotopic (exact) mass is 402 g/mol. The van der Waals surface area contributed by atoms with Crippen LogP contribution in [0.1, 0.15) is 5.56 Å². The van der Waals surface area contributed by atoms with Crippen molar-refractivity contribution < 1.29 is 9.13 Å². The average Bonchev–Trinajstić information content (AvgIpc) is 2.67. The molecule has 2 unspecified atom stereocenters. The van der Waals surface area contributed by atoms with Crippen molar-refractivity contribution in [2.45, 2.75) is 12.5 Å². The van der Waals surface area contributed by atoms with Gasteiger partial charge in [0.25, 0.3) is 5.56 Å². The first kappa shape index (κ1) is 19.8. The van der Waals surface area contributed by atoms with Gasteiger partial charge in [0.15, 0.2) is 0 Å². The molecule has 146 valence electrons. The molecule has 28 heavy (non-hydrogen) atoms. The number of nitrogens with one attached hydrogen (secondary N) is 3. The van der Waals surface area contributed by atoms with Gasteiger partial charge in [-0.2, -0.15) is 0 Å². The molecule has 3 N–H and O–H groups in total. The number of aromatic nitrogens is 2. The van der Waals surface area contributed by atoms with Crippen molar-refractivity contribution in [2.75, 3.05) is 12.0 Å². The van der Waals surface area contributed by atoms with Gasteiger partial charge < -0.3 is 10.2 Å². The molecule has 1 aromatic heterocycles. The minimum absolute atomic E-state index is 0.0293. The molecule has 2 atom stereocenters. The lowest BCUT2D eigenvalue weighted by Crippen LogP contribution is -2.27. The van der Waals surface area contributed by atoms with Crippen LogP contribution in [0.5, 0.6) is 5.75 Å². The third-order valence-electron chi connectivity index (χ3n) is 3.78. The first-order valence-corrected chi connectivity index (χ1v) is 9.20. The summed E-state index contributed by atoms with van der Waals surface area (Å²) in [4.78, 5) is 25.4. The van der Waals surface area contributed by atoms with Crippen molar-refractivity contribution in [1.82, 2.24) is 15.0 Å². The van der Waals surface area contributed by atoms with Crippen LogP contribution in [-0.2, 0) is 6.54 Å². The molecule has 2 aromatic carbocycles. The molecule has 0 amide bonds. The molecule has 0 bridgehead atoms. The zero-order valence-electron chi connectivity index (χ0n) is 14.9. The molecule has 0 saturated carbocycles. The van der Waals surface area contributed by atoms with E-state index in [1.165, 1.54) is 16.8 Å². The van der Waals surface area contributed by atoms with Crippen LogP contribution in [-0.4, -0.2) is 22.1 Å². The number of benzene rings is 2. The fourth-order valence-electron chi connectivity index (χ4n) is 2.52. The zero-order chi connectivity index (χ0) is 19.9. The molecule has 0 spiro atoms. The van der Waals surface area contributed by atoms with E-state index in [0.29, 0.717) is 18.0 Å². The van der Waals surface area contributed by atoms with Gasteiger partial charge in [-0.25, -0.2) is 14.6 Å². The summed E-state index contributed by atoms with van der Waals surface area (Å²) < 4.78 is 19.5. The Kier molecular flexibility index (Phi) is 6.57. The van der Waals surface area contributed by atoms with E-state index in [1.807, 2.05) is 33.5 Å². The summed E-state index contributed by atoms with van der Waals surface area (Å²) in [5.41, 5.74) is 7.55. The number of ether oxygens (including phenoxy) is 1. The molecule has 0 saturated heterocycles. The van der Waals surface area contributed by atoms with Gasteiger partial charge in [-0.05, 0) is 29.8 Å². The lowest BCUT2D eigenvalue weighted by molar-refractivity contribution is 0.253. The largest absolute Gasteiger partial charge is 0.490 e. The van der Waals surface area contributed by atoms with Gasteiger partial charge in [-0.1, -0.05) is 27.4 Å². The Balaban J connectivity index is 1.62. The Bertz CT molecular complexity index is 1050. The lowest BCUT2D eigenvalue weighted by Gasteiger charge is -2.12. The molecular weight excluding hydrogens is 382 g/mol. The van der Waals surface area contributed by atoms with Crippen molar-refractivity contribution >= 4 is 14.9 Å². The summed E-state index contributed by atoms with van der Waals surface area (Å²) in [7, 11) is 2.04. The number of hydrazine groups is 1. The lowest BCUT2D eigenvalue weighted by atomic mass is 10.2. The number of nitrogens with zero attached hydrogens (tertiary/aromatic N) is 1. The fraction of sp³-hybridized carbons (Fsp3) is 0.158. The van der Waals surface area contributed by atoms with Crippen molar-refractivity contribution in [3.05, 3.63) is 87.2 Å². The quantitative estimate of drug-likeness (QED) is 0.397. The van der Waals surface area contributed by atoms with Crippen LogP contribution in [0.15, 0.2) is 70.4 Å². The zero-order valence-corrected chi connectivity index (χ0v) is 16.0. The summed E-state index contributed by atoms with van der Waals surface area (Å²) >= 11 is 0. The van der Waals surface area contributed by atoms with Crippen LogP contribution in [0.4, 0.5) is 10.1 Å². The van der Waals surface area contributed by atoms with E-state index in [9.17, 15) is 14.0 Å². The standard InChI is InChI=1S/C19H20FN4O3P/c20-17(28)12-27-16-6-2-4-14(10-16)23-21-11-13-3-1-5-15(9-13)24-8-7-18(25)22-19(24)26/h1-10,17,21,23H,11-12,28H2,(H,22,25,26). The number of rotatable bonds is 8. The molecular formula is C19H20FN4O3P. The normalized spacial score (nSPS) is 11.8. The molecule has 3 rings (SSSR count). The van der Waals surface area contributed by atoms with Gasteiger partial charge in [0.2, 0.25) is 0 Å². The second-order valence-corrected chi connectivity index (χ2v) is 6.71. The number of halogens is 1. The van der Waals surface area contributed by atoms with E-state index >= 15 is 0 Å². The Morgan fingerprint density at radius 1 is 1.14 bits per heavy atom. The van der Waals surface area contributed by atoms with E-state index in [4.69, 9.17) is 4.74 Å². The van der Waals surface area contributed by atoms with E-state index in [2.05, 4.69) is 15.8 Å². The Labute approximate surface area is 162 Å². The van der Waals surface area contributed by atoms with Crippen molar-refractivity contribution in [3.8, 4) is 11.4 Å². The SMILES string of the molecule is O=c1ccn(-c2cccc(CNNc3cccc(OCC(F)P)c3)c2)c(=O)[nH]1. The minimum Gasteiger partial charge on any atom is -0.490 e. The number of alkyl halides is 1. The van der Waals surface area contributed by atoms with Crippen molar-refractivity contribution in [3.63, 3.8) is 0 Å². The summed E-state index contributed by atoms with van der Waals surface area (Å²) in [5.74, 6) is -0.548. The van der Waals surface area contributed by atoms with Crippen LogP contribution < -0.4 is 26.8 Å². The van der Waals surface area contributed by atoms with Gasteiger partial charge >= 0.3 is 5.69 Å². The van der Waals surface area contributed by atoms with Crippen molar-refractivity contribution in [2.24, 2.45) is 0 Å². The smallest absolute Gasteiger partial charge is 0.332 e. The first-order valence-electron chi connectivity index (χ1n) is 8.54. The predicted octanol–water partition coefficient (Wildman–Crippen LogP) is 2.19. The number of aromatic amines is 1. The average molecular weight is 402 g/mol. The predicted molar refractivity (Wildman–Crippen MR) is 110 cm³/mol. The third-order valence-corrected chi connectivity index (χ3v) is 3.97. The van der Waals surface area contributed by atoms with Crippen LogP contribution >= 0.6 is 9.24 Å². The summed E-state index contributed by atoms with van der Waals surface area (Å²) in [5, 5.41) is 0. The van der Waals surface area contributed by atoms with Crippen LogP contribution in [0, 0.1) is 0 Å². The molecule has 0 aliphatic heterocycles. The molecule has 1 heterocycles. The minimum atomic E-state index is -1.11. The second kappa shape index (κ2) is 9.30. The van der Waals surface area contributed by atoms with Crippen molar-refractivity contribution in [1.29, 1.82) is 0 Å². The van der Waals surface area contributed by atoms with Crippen LogP contribution in [0.3, 0.4) is 0 Å². The summed E-state index contributed by atoms with van der Waals surface area (Å²) in [6.45, 7) is 0.452. The topological polar surface area (TPSA) is 88.2 Å². The van der Waals surface area contributed by atoms with Gasteiger partial charge in [-0.15, -0.1) is 0 Å². The highest BCUT2D eigenvalue weighted by Crippen LogP contribution is 2.18. The van der Waals surface area contributed by atoms with E-state index in [0.717, 1.165) is 11.3 Å². The number of H-pyrrole nitrogens is 1. The Morgan fingerprint density at radius 3 is 2.75 bits per heavy atom. The maximum atomic E-state index is 12.8. The van der Waals surface area contributed by atoms with E-state index < -0.39 is 17.2 Å². The maximum Gasteiger partial charge on any atom is 0.332 e. The van der Waals surface area contributed by atoms with E-state index in [-0.39, 0.29) is 6.61 Å². The first-order chi connectivity index (χ1) is 13.5. The van der Waals surface area contributed by atoms with Crippen LogP contribution in [0.25, 0.3) is 5.69 Å². The highest BCUT2D eigenvalue weighted by molar-refractivity contribution is 7.17. The highest BCUT2D eigenvalue weighted by Gasteiger charge is 2.03. The summed E-state index contributed by atoms with van der Waals surface area (Å²) in [6, 6.07) is 15.8. The van der Waals surface area contributed by atoms with Gasteiger partial charge in [0, 0.05) is 24.9 Å². The molecule has 3 aromatic rings. The summed E-state index contributed by atoms with van der Waals surface area (Å²) in [6.07, 6.45) is 1.44. The van der Waals surface area contributed by atoms with Gasteiger partial charge in [-0.3, -0.25) is 14.3 Å².